The van der Waals surface area contributed by atoms with Crippen molar-refractivity contribution < 1.29 is 4.79 Å². The predicted molar refractivity (Wildman–Crippen MR) is 97.6 cm³/mol. The fourth-order valence-electron chi connectivity index (χ4n) is 3.59. The van der Waals surface area contributed by atoms with E-state index in [9.17, 15) is 9.59 Å². The van der Waals surface area contributed by atoms with Crippen molar-refractivity contribution in [3.63, 3.8) is 0 Å². The van der Waals surface area contributed by atoms with Crippen LogP contribution >= 0.6 is 0 Å². The summed E-state index contributed by atoms with van der Waals surface area (Å²) in [5.41, 5.74) is 0.766. The molecule has 4 rings (SSSR count). The highest BCUT2D eigenvalue weighted by Gasteiger charge is 2.33. The Morgan fingerprint density at radius 2 is 2.00 bits per heavy atom. The van der Waals surface area contributed by atoms with Crippen molar-refractivity contribution in [3.05, 3.63) is 40.4 Å². The van der Waals surface area contributed by atoms with Crippen molar-refractivity contribution >= 4 is 16.8 Å². The lowest BCUT2D eigenvalue weighted by Gasteiger charge is -2.25. The van der Waals surface area contributed by atoms with Crippen LogP contribution in [0, 0.1) is 5.92 Å². The van der Waals surface area contributed by atoms with Gasteiger partial charge in [0.2, 0.25) is 5.91 Å². The number of aromatic nitrogens is 2. The molecule has 0 radical (unpaired) electrons. The van der Waals surface area contributed by atoms with Crippen LogP contribution in [0.15, 0.2) is 29.1 Å². The molecule has 0 bridgehead atoms. The summed E-state index contributed by atoms with van der Waals surface area (Å²) in [5.74, 6) is 1.56. The second-order valence-electron chi connectivity index (χ2n) is 7.53. The van der Waals surface area contributed by atoms with Crippen LogP contribution in [0.1, 0.15) is 50.9 Å². The maximum absolute atomic E-state index is 12.8. The lowest BCUT2D eigenvalue weighted by molar-refractivity contribution is -0.132. The summed E-state index contributed by atoms with van der Waals surface area (Å²) in [5, 5.41) is 0.670. The van der Waals surface area contributed by atoms with Crippen LogP contribution in [0.5, 0.6) is 0 Å². The first-order chi connectivity index (χ1) is 12.1. The number of fused-ring (bicyclic) bond motifs is 1. The highest BCUT2D eigenvalue weighted by Crippen LogP contribution is 2.36. The number of hydrogen-bond donors (Lipinski definition) is 0. The zero-order valence-electron chi connectivity index (χ0n) is 14.9. The molecule has 0 saturated heterocycles. The van der Waals surface area contributed by atoms with Gasteiger partial charge in [-0.3, -0.25) is 14.2 Å². The van der Waals surface area contributed by atoms with E-state index in [0.29, 0.717) is 30.2 Å². The van der Waals surface area contributed by atoms with Crippen LogP contribution in [0.4, 0.5) is 0 Å². The second-order valence-corrected chi connectivity index (χ2v) is 7.53. The molecule has 25 heavy (non-hydrogen) atoms. The molecular formula is C20H25N3O2. The highest BCUT2D eigenvalue weighted by molar-refractivity contribution is 5.78. The maximum atomic E-state index is 12.8. The van der Waals surface area contributed by atoms with Gasteiger partial charge in [0.25, 0.3) is 5.56 Å². The summed E-state index contributed by atoms with van der Waals surface area (Å²) in [6, 6.07) is 8.06. The number of para-hydroxylation sites is 1. The summed E-state index contributed by atoms with van der Waals surface area (Å²) in [4.78, 5) is 32.0. The van der Waals surface area contributed by atoms with E-state index in [0.717, 1.165) is 24.2 Å². The van der Waals surface area contributed by atoms with Gasteiger partial charge < -0.3 is 4.90 Å². The van der Waals surface area contributed by atoms with E-state index in [-0.39, 0.29) is 17.5 Å². The molecule has 1 atom stereocenters. The second kappa shape index (κ2) is 6.28. The molecule has 132 valence electrons. The van der Waals surface area contributed by atoms with Crippen molar-refractivity contribution in [3.8, 4) is 0 Å². The third-order valence-electron chi connectivity index (χ3n) is 5.66. The molecule has 2 aromatic rings. The van der Waals surface area contributed by atoms with Gasteiger partial charge in [0.05, 0.1) is 10.9 Å². The van der Waals surface area contributed by atoms with Crippen LogP contribution in [0.3, 0.4) is 0 Å². The van der Waals surface area contributed by atoms with Gasteiger partial charge in [-0.05, 0) is 50.7 Å². The fraction of sp³-hybridized carbons (Fsp3) is 0.550. The van der Waals surface area contributed by atoms with E-state index in [2.05, 4.69) is 6.92 Å². The Morgan fingerprint density at radius 3 is 2.68 bits per heavy atom. The van der Waals surface area contributed by atoms with Crippen LogP contribution in [0.25, 0.3) is 10.9 Å². The standard InChI is InChI=1S/C20H25N3O2/c1-13(14-7-8-14)22(2)19(24)12-11-18-21-17-6-4-3-5-16(17)20(25)23(18)15-9-10-15/h3-6,13-15H,7-12H2,1-2H3. The molecule has 1 heterocycles. The molecule has 2 aliphatic carbocycles. The molecule has 0 spiro atoms. The van der Waals surface area contributed by atoms with E-state index < -0.39 is 0 Å². The zero-order chi connectivity index (χ0) is 17.6. The molecule has 1 aromatic heterocycles. The van der Waals surface area contributed by atoms with Crippen LogP contribution < -0.4 is 5.56 Å². The summed E-state index contributed by atoms with van der Waals surface area (Å²) in [7, 11) is 1.90. The number of rotatable bonds is 6. The lowest BCUT2D eigenvalue weighted by Crippen LogP contribution is -2.37. The van der Waals surface area contributed by atoms with E-state index in [4.69, 9.17) is 4.98 Å². The maximum Gasteiger partial charge on any atom is 0.261 e. The molecular weight excluding hydrogens is 314 g/mol. The number of aryl methyl sites for hydroxylation is 1. The molecule has 5 nitrogen and oxygen atoms in total. The largest absolute Gasteiger partial charge is 0.343 e. The van der Waals surface area contributed by atoms with E-state index in [1.54, 1.807) is 0 Å². The first kappa shape index (κ1) is 16.3. The first-order valence-corrected chi connectivity index (χ1v) is 9.32. The van der Waals surface area contributed by atoms with Gasteiger partial charge in [-0.25, -0.2) is 4.98 Å². The Morgan fingerprint density at radius 1 is 1.28 bits per heavy atom. The number of hydrogen-bond acceptors (Lipinski definition) is 3. The van der Waals surface area contributed by atoms with Gasteiger partial charge in [-0.1, -0.05) is 12.1 Å². The zero-order valence-corrected chi connectivity index (χ0v) is 14.9. The molecule has 2 saturated carbocycles. The normalized spacial score (nSPS) is 18.3. The quantitative estimate of drug-likeness (QED) is 0.813. The van der Waals surface area contributed by atoms with Crippen molar-refractivity contribution in [1.29, 1.82) is 0 Å². The summed E-state index contributed by atoms with van der Waals surface area (Å²) in [6.45, 7) is 2.13. The Bertz CT molecular complexity index is 865. The van der Waals surface area contributed by atoms with Gasteiger partial charge >= 0.3 is 0 Å². The van der Waals surface area contributed by atoms with Crippen LogP contribution in [0.2, 0.25) is 0 Å². The lowest BCUT2D eigenvalue weighted by atomic mass is 10.1. The van der Waals surface area contributed by atoms with Crippen molar-refractivity contribution in [1.82, 2.24) is 14.5 Å². The SMILES string of the molecule is CC(C1CC1)N(C)C(=O)CCc1nc2ccccc2c(=O)n1C1CC1. The van der Waals surface area contributed by atoms with Crippen LogP contribution in [-0.4, -0.2) is 33.4 Å². The molecule has 0 N–H and O–H groups in total. The van der Waals surface area contributed by atoms with Gasteiger partial charge in [0, 0.05) is 32.0 Å². The number of carbonyl (C=O) groups excluding carboxylic acids is 1. The number of amides is 1. The molecule has 5 heteroatoms. The summed E-state index contributed by atoms with van der Waals surface area (Å²) >= 11 is 0. The van der Waals surface area contributed by atoms with Crippen molar-refractivity contribution in [2.75, 3.05) is 7.05 Å². The molecule has 2 fully saturated rings. The van der Waals surface area contributed by atoms with Gasteiger partial charge in [0.1, 0.15) is 5.82 Å². The fourth-order valence-corrected chi connectivity index (χ4v) is 3.59. The summed E-state index contributed by atoms with van der Waals surface area (Å²) in [6.07, 6.45) is 5.44. The van der Waals surface area contributed by atoms with E-state index >= 15 is 0 Å². The molecule has 1 aromatic carbocycles. The average molecular weight is 339 g/mol. The minimum Gasteiger partial charge on any atom is -0.343 e. The third-order valence-corrected chi connectivity index (χ3v) is 5.66. The van der Waals surface area contributed by atoms with E-state index in [1.807, 2.05) is 40.8 Å². The van der Waals surface area contributed by atoms with Crippen molar-refractivity contribution in [2.45, 2.75) is 57.5 Å². The average Bonchev–Trinajstić information content (AvgIpc) is 3.50. The summed E-state index contributed by atoms with van der Waals surface area (Å²) < 4.78 is 1.83. The Balaban J connectivity index is 1.57. The molecule has 2 aliphatic rings. The molecule has 0 aliphatic heterocycles. The van der Waals surface area contributed by atoms with Gasteiger partial charge in [-0.2, -0.15) is 0 Å². The Labute approximate surface area is 147 Å². The molecule has 1 amide bonds. The van der Waals surface area contributed by atoms with Gasteiger partial charge in [-0.15, -0.1) is 0 Å². The minimum atomic E-state index is 0.0373. The topological polar surface area (TPSA) is 55.2 Å². The first-order valence-electron chi connectivity index (χ1n) is 9.32. The Hall–Kier alpha value is -2.17. The van der Waals surface area contributed by atoms with Crippen LogP contribution in [-0.2, 0) is 11.2 Å². The van der Waals surface area contributed by atoms with E-state index in [1.165, 1.54) is 12.8 Å². The molecule has 1 unspecified atom stereocenters. The number of nitrogens with zero attached hydrogens (tertiary/aromatic N) is 3. The monoisotopic (exact) mass is 339 g/mol. The number of carbonyl (C=O) groups is 1. The van der Waals surface area contributed by atoms with Crippen molar-refractivity contribution in [2.24, 2.45) is 5.92 Å². The smallest absolute Gasteiger partial charge is 0.261 e. The van der Waals surface area contributed by atoms with Gasteiger partial charge in [0.15, 0.2) is 0 Å². The Kier molecular flexibility index (Phi) is 4.10. The third kappa shape index (κ3) is 3.20. The number of benzene rings is 1. The highest BCUT2D eigenvalue weighted by atomic mass is 16.2. The predicted octanol–water partition coefficient (Wildman–Crippen LogP) is 2.92. The minimum absolute atomic E-state index is 0.0373.